The number of benzene rings is 1. The fourth-order valence-electron chi connectivity index (χ4n) is 4.11. The number of carbonyl (C=O) groups is 2. The first kappa shape index (κ1) is 22.1. The minimum Gasteiger partial charge on any atom is -0.476 e. The van der Waals surface area contributed by atoms with Crippen molar-refractivity contribution in [2.75, 3.05) is 11.9 Å². The number of aromatic nitrogens is 3. The maximum absolute atomic E-state index is 13.6. The summed E-state index contributed by atoms with van der Waals surface area (Å²) in [5, 5.41) is 5.57. The van der Waals surface area contributed by atoms with Crippen LogP contribution < -0.4 is 20.1 Å². The molecule has 9 nitrogen and oxygen atoms in total. The number of rotatable bonds is 5. The lowest BCUT2D eigenvalue weighted by molar-refractivity contribution is -0.129. The molecule has 4 heterocycles. The summed E-state index contributed by atoms with van der Waals surface area (Å²) in [4.78, 5) is 32.6. The number of anilines is 1. The van der Waals surface area contributed by atoms with Crippen LogP contribution in [-0.4, -0.2) is 44.6 Å². The summed E-state index contributed by atoms with van der Waals surface area (Å²) in [6, 6.07) is 6.77. The largest absolute Gasteiger partial charge is 0.476 e. The average molecular weight is 471 g/mol. The molecule has 0 radical (unpaired) electrons. The van der Waals surface area contributed by atoms with Gasteiger partial charge in [0.2, 0.25) is 11.8 Å². The van der Waals surface area contributed by atoms with Crippen LogP contribution in [0.2, 0.25) is 0 Å². The molecular weight excluding hydrogens is 448 g/mol. The second kappa shape index (κ2) is 7.93. The molecule has 1 fully saturated rings. The maximum atomic E-state index is 13.6. The smallest absolute Gasteiger partial charge is 0.320 e. The minimum absolute atomic E-state index is 0.00344. The minimum atomic E-state index is -2.83. The number of alkyl halides is 2. The maximum Gasteiger partial charge on any atom is 0.320 e. The first-order chi connectivity index (χ1) is 16.1. The number of amides is 2. The molecule has 34 heavy (non-hydrogen) atoms. The second-order valence-corrected chi connectivity index (χ2v) is 8.98. The summed E-state index contributed by atoms with van der Waals surface area (Å²) >= 11 is 0. The highest BCUT2D eigenvalue weighted by molar-refractivity contribution is 6.01. The van der Waals surface area contributed by atoms with Crippen molar-refractivity contribution in [3.8, 4) is 22.9 Å². The molecule has 1 saturated heterocycles. The zero-order chi connectivity index (χ0) is 24.2. The quantitative estimate of drug-likeness (QED) is 0.590. The lowest BCUT2D eigenvalue weighted by atomic mass is 10.0. The monoisotopic (exact) mass is 471 g/mol. The average Bonchev–Trinajstić information content (AvgIpc) is 3.40. The molecule has 0 bridgehead atoms. The van der Waals surface area contributed by atoms with E-state index >= 15 is 0 Å². The van der Waals surface area contributed by atoms with E-state index in [1.165, 1.54) is 0 Å². The zero-order valence-electron chi connectivity index (χ0n) is 18.8. The molecular formula is C23H23F2N5O4. The van der Waals surface area contributed by atoms with Gasteiger partial charge in [-0.15, -0.1) is 0 Å². The van der Waals surface area contributed by atoms with Gasteiger partial charge in [0.1, 0.15) is 23.7 Å². The van der Waals surface area contributed by atoms with Crippen molar-refractivity contribution >= 4 is 28.5 Å². The van der Waals surface area contributed by atoms with E-state index in [-0.39, 0.29) is 34.6 Å². The van der Waals surface area contributed by atoms with E-state index in [1.54, 1.807) is 45.0 Å². The van der Waals surface area contributed by atoms with Crippen LogP contribution in [0.15, 0.2) is 30.6 Å². The van der Waals surface area contributed by atoms with Crippen molar-refractivity contribution in [2.24, 2.45) is 5.92 Å². The molecule has 178 valence electrons. The van der Waals surface area contributed by atoms with Crippen LogP contribution >= 0.6 is 0 Å². The van der Waals surface area contributed by atoms with Gasteiger partial charge in [-0.25, -0.2) is 9.97 Å². The Morgan fingerprint density at radius 2 is 2.06 bits per heavy atom. The number of ether oxygens (including phenoxy) is 2. The molecule has 1 aromatic carbocycles. The summed E-state index contributed by atoms with van der Waals surface area (Å²) in [5.74, 6) is 0.0341. The third-order valence-electron chi connectivity index (χ3n) is 6.14. The molecule has 2 aliphatic heterocycles. The van der Waals surface area contributed by atoms with Crippen LogP contribution in [0.3, 0.4) is 0 Å². The molecule has 0 saturated carbocycles. The van der Waals surface area contributed by atoms with Gasteiger partial charge in [-0.3, -0.25) is 14.2 Å². The molecule has 0 unspecified atom stereocenters. The first-order valence-corrected chi connectivity index (χ1v) is 10.9. The number of carbonyl (C=O) groups excluding carboxylic acids is 2. The highest BCUT2D eigenvalue weighted by Gasteiger charge is 2.35. The van der Waals surface area contributed by atoms with Gasteiger partial charge in [0.25, 0.3) is 5.91 Å². The van der Waals surface area contributed by atoms with Crippen molar-refractivity contribution in [2.45, 2.75) is 45.4 Å². The summed E-state index contributed by atoms with van der Waals surface area (Å²) in [5.41, 5.74) is 0.879. The molecule has 3 aromatic rings. The van der Waals surface area contributed by atoms with Crippen LogP contribution in [0.4, 0.5) is 14.5 Å². The zero-order valence-corrected chi connectivity index (χ0v) is 18.8. The Kier molecular flexibility index (Phi) is 5.14. The Balaban J connectivity index is 1.56. The highest BCUT2D eigenvalue weighted by Crippen LogP contribution is 2.38. The van der Waals surface area contributed by atoms with E-state index in [2.05, 4.69) is 20.6 Å². The Morgan fingerprint density at radius 3 is 2.76 bits per heavy atom. The van der Waals surface area contributed by atoms with Gasteiger partial charge in [-0.05, 0) is 45.0 Å². The first-order valence-electron chi connectivity index (χ1n) is 10.9. The van der Waals surface area contributed by atoms with Gasteiger partial charge >= 0.3 is 6.55 Å². The molecule has 5 rings (SSSR count). The fourth-order valence-corrected chi connectivity index (χ4v) is 4.11. The third-order valence-corrected chi connectivity index (χ3v) is 6.14. The lowest BCUT2D eigenvalue weighted by Gasteiger charge is -2.31. The normalized spacial score (nSPS) is 20.0. The van der Waals surface area contributed by atoms with Crippen LogP contribution in [0.5, 0.6) is 11.6 Å². The van der Waals surface area contributed by atoms with Crippen LogP contribution in [-0.2, 0) is 9.59 Å². The van der Waals surface area contributed by atoms with Crippen molar-refractivity contribution in [1.29, 1.82) is 0 Å². The molecule has 0 aliphatic carbocycles. The van der Waals surface area contributed by atoms with Crippen molar-refractivity contribution in [3.05, 3.63) is 30.6 Å². The number of pyridine rings is 1. The van der Waals surface area contributed by atoms with Crippen molar-refractivity contribution in [3.63, 3.8) is 0 Å². The standard InChI is InChI=1S/C23H23F2N5O4/c1-11(13-7-18(31)26-9-13)33-20-19-16(27-10-30(19)22(24)25)8-14(28-20)12-4-5-17-15(6-12)29-21(32)23(2,3)34-17/h4-6,8,10-11,13,22H,7,9H2,1-3H3,(H,26,31)(H,29,32)/t11-,13-/m1/s1. The number of imidazole rings is 1. The van der Waals surface area contributed by atoms with Gasteiger partial charge < -0.3 is 20.1 Å². The highest BCUT2D eigenvalue weighted by atomic mass is 19.3. The topological polar surface area (TPSA) is 107 Å². The number of nitrogens with one attached hydrogen (secondary N) is 2. The molecule has 0 spiro atoms. The van der Waals surface area contributed by atoms with E-state index in [1.807, 2.05) is 0 Å². The van der Waals surface area contributed by atoms with Crippen LogP contribution in [0.1, 0.15) is 33.7 Å². The van der Waals surface area contributed by atoms with Crippen molar-refractivity contribution in [1.82, 2.24) is 19.9 Å². The van der Waals surface area contributed by atoms with Gasteiger partial charge in [0, 0.05) is 24.4 Å². The van der Waals surface area contributed by atoms with Gasteiger partial charge in [-0.1, -0.05) is 0 Å². The van der Waals surface area contributed by atoms with Gasteiger partial charge in [-0.2, -0.15) is 8.78 Å². The number of halogens is 2. The number of hydrogen-bond acceptors (Lipinski definition) is 6. The fraction of sp³-hybridized carbons (Fsp3) is 0.391. The second-order valence-electron chi connectivity index (χ2n) is 8.98. The third kappa shape index (κ3) is 3.80. The Labute approximate surface area is 193 Å². The van der Waals surface area contributed by atoms with Gasteiger partial charge in [0.05, 0.1) is 16.9 Å². The SMILES string of the molecule is C[C@@H](Oc1nc(-c2ccc3c(c2)NC(=O)C(C)(C)O3)cc2ncn(C(F)F)c12)[C@H]1CNC(=O)C1. The Hall–Kier alpha value is -3.76. The Morgan fingerprint density at radius 1 is 1.26 bits per heavy atom. The van der Waals surface area contributed by atoms with E-state index in [9.17, 15) is 18.4 Å². The molecule has 2 aromatic heterocycles. The van der Waals surface area contributed by atoms with Gasteiger partial charge in [0.15, 0.2) is 5.60 Å². The summed E-state index contributed by atoms with van der Waals surface area (Å²) in [7, 11) is 0. The number of hydrogen-bond donors (Lipinski definition) is 2. The molecule has 2 aliphatic rings. The number of fused-ring (bicyclic) bond motifs is 2. The lowest BCUT2D eigenvalue weighted by Crippen LogP contribution is -2.45. The molecule has 2 N–H and O–H groups in total. The molecule has 11 heteroatoms. The summed E-state index contributed by atoms with van der Waals surface area (Å²) in [6.45, 7) is 2.74. The van der Waals surface area contributed by atoms with Crippen LogP contribution in [0, 0.1) is 5.92 Å². The van der Waals surface area contributed by atoms with E-state index in [0.29, 0.717) is 40.2 Å². The molecule has 2 amide bonds. The summed E-state index contributed by atoms with van der Waals surface area (Å²) < 4.78 is 39.8. The van der Waals surface area contributed by atoms with Crippen LogP contribution in [0.25, 0.3) is 22.3 Å². The number of nitrogens with zero attached hydrogens (tertiary/aromatic N) is 3. The van der Waals surface area contributed by atoms with Crippen molar-refractivity contribution < 1.29 is 27.8 Å². The van der Waals surface area contributed by atoms with E-state index in [4.69, 9.17) is 9.47 Å². The van der Waals surface area contributed by atoms with E-state index < -0.39 is 18.3 Å². The Bertz CT molecular complexity index is 1310. The van der Waals surface area contributed by atoms with E-state index in [0.717, 1.165) is 6.33 Å². The molecule has 2 atom stereocenters. The predicted molar refractivity (Wildman–Crippen MR) is 119 cm³/mol. The predicted octanol–water partition coefficient (Wildman–Crippen LogP) is 3.51. The summed E-state index contributed by atoms with van der Waals surface area (Å²) in [6.07, 6.45) is 0.880.